The number of aromatic hydroxyl groups is 2. The predicted molar refractivity (Wildman–Crippen MR) is 145 cm³/mol. The molecule has 2 N–H and O–H groups in total. The number of fused-ring (bicyclic) bond motifs is 2. The van der Waals surface area contributed by atoms with Crippen LogP contribution in [0.4, 0.5) is 0 Å². The number of phenolic OH excluding ortho intramolecular Hbond substituents is 2. The van der Waals surface area contributed by atoms with E-state index in [1.807, 2.05) is 59.8 Å². The van der Waals surface area contributed by atoms with E-state index in [1.165, 1.54) is 7.11 Å². The van der Waals surface area contributed by atoms with Gasteiger partial charge in [0.1, 0.15) is 34.5 Å². The van der Waals surface area contributed by atoms with Gasteiger partial charge in [0.2, 0.25) is 0 Å². The number of benzene rings is 2. The molecule has 0 saturated heterocycles. The fourth-order valence-electron chi connectivity index (χ4n) is 4.72. The average Bonchev–Trinajstić information content (AvgIpc) is 2.81. The van der Waals surface area contributed by atoms with Crippen molar-refractivity contribution in [2.24, 2.45) is 0 Å². The third-order valence-electron chi connectivity index (χ3n) is 6.63. The van der Waals surface area contributed by atoms with E-state index in [2.05, 4.69) is 12.2 Å². The average molecular weight is 505 g/mol. The molecular formula is C31H36O6. The first-order valence-corrected chi connectivity index (χ1v) is 12.6. The minimum atomic E-state index is -0.641. The van der Waals surface area contributed by atoms with Crippen LogP contribution in [0.25, 0.3) is 6.08 Å². The summed E-state index contributed by atoms with van der Waals surface area (Å²) in [5.41, 5.74) is 4.55. The van der Waals surface area contributed by atoms with Crippen molar-refractivity contribution in [1.82, 2.24) is 0 Å². The van der Waals surface area contributed by atoms with E-state index in [1.54, 1.807) is 6.07 Å². The zero-order chi connectivity index (χ0) is 27.1. The minimum Gasteiger partial charge on any atom is -0.506 e. The Balaban J connectivity index is 1.86. The molecule has 37 heavy (non-hydrogen) atoms. The Labute approximate surface area is 218 Å². The second-order valence-electron chi connectivity index (χ2n) is 10.8. The summed E-state index contributed by atoms with van der Waals surface area (Å²) in [6.07, 6.45) is 8.24. The van der Waals surface area contributed by atoms with E-state index in [-0.39, 0.29) is 29.3 Å². The molecule has 0 aliphatic carbocycles. The zero-order valence-electron chi connectivity index (χ0n) is 22.7. The van der Waals surface area contributed by atoms with Crippen LogP contribution in [0.1, 0.15) is 86.7 Å². The van der Waals surface area contributed by atoms with Crippen molar-refractivity contribution in [3.8, 4) is 28.7 Å². The Morgan fingerprint density at radius 3 is 2.41 bits per heavy atom. The fraction of sp³-hybridized carbons (Fsp3) is 0.387. The van der Waals surface area contributed by atoms with Gasteiger partial charge in [0.15, 0.2) is 17.3 Å². The highest BCUT2D eigenvalue weighted by Gasteiger charge is 2.38. The number of Topliss-reactive ketones (excluding diaryl/α,β-unsaturated/α-hetero) is 1. The molecule has 0 radical (unpaired) electrons. The molecule has 2 aromatic carbocycles. The van der Waals surface area contributed by atoms with Crippen LogP contribution in [0.15, 0.2) is 41.5 Å². The first-order chi connectivity index (χ1) is 17.4. The molecule has 4 rings (SSSR count). The standard InChI is InChI=1S/C31H36O6/c1-17(2)8-10-19-14-20(15-24(33)28(19)35-7)25-16-23(32)26-27(34)21-12-13-31(5,6)37-29(21)22(30(26)36-25)11-9-18(3)4/h8-9,12-15,25,33-34H,10-11,16H2,1-7H3/t25-/m0/s1. The molecule has 0 fully saturated rings. The Morgan fingerprint density at radius 1 is 1.08 bits per heavy atom. The Kier molecular flexibility index (Phi) is 7.13. The summed E-state index contributed by atoms with van der Waals surface area (Å²) >= 11 is 0. The molecule has 0 amide bonds. The van der Waals surface area contributed by atoms with Gasteiger partial charge in [0, 0.05) is 11.1 Å². The summed E-state index contributed by atoms with van der Waals surface area (Å²) in [5, 5.41) is 21.9. The van der Waals surface area contributed by atoms with Gasteiger partial charge in [-0.05, 0) is 84.2 Å². The van der Waals surface area contributed by atoms with Crippen LogP contribution in [0.5, 0.6) is 28.7 Å². The quantitative estimate of drug-likeness (QED) is 0.412. The van der Waals surface area contributed by atoms with Gasteiger partial charge in [-0.15, -0.1) is 0 Å². The van der Waals surface area contributed by atoms with Crippen LogP contribution in [0.2, 0.25) is 0 Å². The van der Waals surface area contributed by atoms with Crippen molar-refractivity contribution >= 4 is 11.9 Å². The number of allylic oxidation sites excluding steroid dienone is 4. The Bertz CT molecular complexity index is 1330. The summed E-state index contributed by atoms with van der Waals surface area (Å²) in [6, 6.07) is 3.50. The van der Waals surface area contributed by atoms with E-state index in [0.717, 1.165) is 22.3 Å². The van der Waals surface area contributed by atoms with E-state index < -0.39 is 11.7 Å². The molecule has 2 aromatic rings. The number of phenols is 2. The summed E-state index contributed by atoms with van der Waals surface area (Å²) in [6.45, 7) is 11.9. The molecule has 2 aliphatic rings. The normalized spacial score (nSPS) is 17.2. The van der Waals surface area contributed by atoms with Crippen LogP contribution >= 0.6 is 0 Å². The predicted octanol–water partition coefficient (Wildman–Crippen LogP) is 7.01. The van der Waals surface area contributed by atoms with Crippen LogP contribution in [-0.2, 0) is 12.8 Å². The largest absolute Gasteiger partial charge is 0.506 e. The van der Waals surface area contributed by atoms with Gasteiger partial charge in [-0.25, -0.2) is 0 Å². The van der Waals surface area contributed by atoms with Gasteiger partial charge < -0.3 is 24.4 Å². The monoisotopic (exact) mass is 504 g/mol. The molecule has 2 aliphatic heterocycles. The lowest BCUT2D eigenvalue weighted by Crippen LogP contribution is -2.29. The number of carbonyl (C=O) groups excluding carboxylic acids is 1. The second kappa shape index (κ2) is 10.0. The maximum Gasteiger partial charge on any atom is 0.174 e. The third kappa shape index (κ3) is 5.24. The highest BCUT2D eigenvalue weighted by atomic mass is 16.5. The number of hydrogen-bond donors (Lipinski definition) is 2. The van der Waals surface area contributed by atoms with Crippen molar-refractivity contribution in [1.29, 1.82) is 0 Å². The molecular weight excluding hydrogens is 468 g/mol. The van der Waals surface area contributed by atoms with Gasteiger partial charge in [-0.1, -0.05) is 23.3 Å². The van der Waals surface area contributed by atoms with Crippen LogP contribution in [0.3, 0.4) is 0 Å². The number of rotatable bonds is 6. The lowest BCUT2D eigenvalue weighted by Gasteiger charge is -2.34. The maximum atomic E-state index is 13.5. The minimum absolute atomic E-state index is 0.00715. The SMILES string of the molecule is COc1c(O)cc([C@@H]2CC(=O)c3c(O)c4c(c(CC=C(C)C)c3O2)OC(C)(C)C=C4)cc1CC=C(C)C. The van der Waals surface area contributed by atoms with Gasteiger partial charge in [0.25, 0.3) is 0 Å². The molecule has 0 spiro atoms. The molecule has 1 atom stereocenters. The zero-order valence-corrected chi connectivity index (χ0v) is 22.7. The number of methoxy groups -OCH3 is 1. The maximum absolute atomic E-state index is 13.5. The van der Waals surface area contributed by atoms with Crippen LogP contribution < -0.4 is 14.2 Å². The first-order valence-electron chi connectivity index (χ1n) is 12.6. The van der Waals surface area contributed by atoms with Crippen molar-refractivity contribution in [3.05, 3.63) is 69.3 Å². The summed E-state index contributed by atoms with van der Waals surface area (Å²) in [7, 11) is 1.52. The topological polar surface area (TPSA) is 85.2 Å². The molecule has 0 saturated carbocycles. The molecule has 0 unspecified atom stereocenters. The van der Waals surface area contributed by atoms with Crippen LogP contribution in [-0.4, -0.2) is 28.7 Å². The van der Waals surface area contributed by atoms with E-state index >= 15 is 0 Å². The second-order valence-corrected chi connectivity index (χ2v) is 10.8. The number of ketones is 1. The van der Waals surface area contributed by atoms with Crippen LogP contribution in [0, 0.1) is 0 Å². The van der Waals surface area contributed by atoms with Gasteiger partial charge in [0.05, 0.1) is 19.1 Å². The van der Waals surface area contributed by atoms with Crippen molar-refractivity contribution < 1.29 is 29.2 Å². The summed E-state index contributed by atoms with van der Waals surface area (Å²) in [5.74, 6) is 0.917. The Hall–Kier alpha value is -3.67. The molecule has 2 heterocycles. The molecule has 0 aromatic heterocycles. The number of ether oxygens (including phenoxy) is 3. The molecule has 196 valence electrons. The smallest absolute Gasteiger partial charge is 0.174 e. The van der Waals surface area contributed by atoms with E-state index in [0.29, 0.717) is 41.2 Å². The Morgan fingerprint density at radius 2 is 1.76 bits per heavy atom. The van der Waals surface area contributed by atoms with Crippen molar-refractivity contribution in [2.75, 3.05) is 7.11 Å². The van der Waals surface area contributed by atoms with E-state index in [4.69, 9.17) is 14.2 Å². The van der Waals surface area contributed by atoms with Gasteiger partial charge >= 0.3 is 0 Å². The third-order valence-corrected chi connectivity index (χ3v) is 6.63. The molecule has 0 bridgehead atoms. The van der Waals surface area contributed by atoms with Gasteiger partial charge in [-0.2, -0.15) is 0 Å². The number of hydrogen-bond acceptors (Lipinski definition) is 6. The molecule has 6 nitrogen and oxygen atoms in total. The summed E-state index contributed by atoms with van der Waals surface area (Å²) < 4.78 is 18.2. The first kappa shape index (κ1) is 26.4. The fourth-order valence-corrected chi connectivity index (χ4v) is 4.72. The highest BCUT2D eigenvalue weighted by Crippen LogP contribution is 2.51. The van der Waals surface area contributed by atoms with Crippen molar-refractivity contribution in [2.45, 2.75) is 72.5 Å². The lowest BCUT2D eigenvalue weighted by atomic mass is 9.88. The van der Waals surface area contributed by atoms with Gasteiger partial charge in [-0.3, -0.25) is 4.79 Å². The lowest BCUT2D eigenvalue weighted by molar-refractivity contribution is 0.0839. The highest BCUT2D eigenvalue weighted by molar-refractivity contribution is 6.05. The summed E-state index contributed by atoms with van der Waals surface area (Å²) in [4.78, 5) is 13.5. The number of carbonyl (C=O) groups is 1. The van der Waals surface area contributed by atoms with Crippen molar-refractivity contribution in [3.63, 3.8) is 0 Å². The molecule has 6 heteroatoms. The van der Waals surface area contributed by atoms with E-state index in [9.17, 15) is 15.0 Å².